The molecule has 2 fully saturated rings. The molecule has 1 aromatic rings. The number of nitrogens with zero attached hydrogens (tertiary/aromatic N) is 2. The highest BCUT2D eigenvalue weighted by atomic mass is 15.1. The van der Waals surface area contributed by atoms with Crippen molar-refractivity contribution in [2.45, 2.75) is 37.6 Å². The Morgan fingerprint density at radius 1 is 1.25 bits per heavy atom. The Kier molecular flexibility index (Phi) is 2.74. The molecule has 2 heterocycles. The Morgan fingerprint density at radius 2 is 2.19 bits per heavy atom. The van der Waals surface area contributed by atoms with Crippen LogP contribution in [0.2, 0.25) is 0 Å². The van der Waals surface area contributed by atoms with E-state index in [0.29, 0.717) is 12.0 Å². The number of nitrogens with one attached hydrogen (secondary N) is 2. The van der Waals surface area contributed by atoms with E-state index in [1.54, 1.807) is 6.33 Å². The van der Waals surface area contributed by atoms with Crippen molar-refractivity contribution in [1.29, 1.82) is 0 Å². The fourth-order valence-corrected chi connectivity index (χ4v) is 2.24. The molecule has 3 rings (SSSR count). The molecule has 1 unspecified atom stereocenters. The summed E-state index contributed by atoms with van der Waals surface area (Å²) in [5.41, 5.74) is 1.21. The number of piperidine rings is 1. The van der Waals surface area contributed by atoms with Crippen LogP contribution in [0, 0.1) is 0 Å². The Hall–Kier alpha value is -1.16. The van der Waals surface area contributed by atoms with Crippen LogP contribution in [0.25, 0.3) is 0 Å². The molecule has 4 heteroatoms. The van der Waals surface area contributed by atoms with Gasteiger partial charge in [-0.2, -0.15) is 0 Å². The van der Waals surface area contributed by atoms with Gasteiger partial charge in [-0.1, -0.05) is 0 Å². The summed E-state index contributed by atoms with van der Waals surface area (Å²) in [5, 5.41) is 6.89. The van der Waals surface area contributed by atoms with E-state index in [4.69, 9.17) is 0 Å². The maximum Gasteiger partial charge on any atom is 0.129 e. The highest BCUT2D eigenvalue weighted by Gasteiger charge is 2.25. The number of anilines is 1. The first-order valence-corrected chi connectivity index (χ1v) is 6.21. The Bertz CT molecular complexity index is 356. The van der Waals surface area contributed by atoms with E-state index in [1.165, 1.54) is 31.4 Å². The molecule has 1 saturated carbocycles. The van der Waals surface area contributed by atoms with E-state index in [1.807, 2.05) is 0 Å². The number of hydrogen-bond donors (Lipinski definition) is 2. The van der Waals surface area contributed by atoms with Gasteiger partial charge in [0.05, 0.1) is 0 Å². The number of hydrogen-bond acceptors (Lipinski definition) is 4. The predicted molar refractivity (Wildman–Crippen MR) is 63.5 cm³/mol. The minimum Gasteiger partial charge on any atom is -0.366 e. The minimum atomic E-state index is 0.524. The molecule has 1 saturated heterocycles. The highest BCUT2D eigenvalue weighted by Crippen LogP contribution is 2.39. The molecule has 0 amide bonds. The Balaban J connectivity index is 1.66. The molecule has 1 atom stereocenters. The van der Waals surface area contributed by atoms with E-state index in [-0.39, 0.29) is 0 Å². The highest BCUT2D eigenvalue weighted by molar-refractivity contribution is 5.38. The second-order valence-electron chi connectivity index (χ2n) is 4.79. The van der Waals surface area contributed by atoms with Crippen LogP contribution in [-0.2, 0) is 0 Å². The van der Waals surface area contributed by atoms with Gasteiger partial charge in [0.2, 0.25) is 0 Å². The molecule has 1 aliphatic carbocycles. The van der Waals surface area contributed by atoms with Gasteiger partial charge in [0.15, 0.2) is 0 Å². The second-order valence-corrected chi connectivity index (χ2v) is 4.79. The average Bonchev–Trinajstić information content (AvgIpc) is 3.15. The van der Waals surface area contributed by atoms with Gasteiger partial charge < -0.3 is 10.6 Å². The van der Waals surface area contributed by atoms with Gasteiger partial charge >= 0.3 is 0 Å². The summed E-state index contributed by atoms with van der Waals surface area (Å²) in [6, 6.07) is 2.64. The molecule has 0 radical (unpaired) electrons. The third-order valence-electron chi connectivity index (χ3n) is 3.33. The summed E-state index contributed by atoms with van der Waals surface area (Å²) in [7, 11) is 0. The van der Waals surface area contributed by atoms with Gasteiger partial charge in [-0.3, -0.25) is 0 Å². The maximum atomic E-state index is 4.33. The van der Waals surface area contributed by atoms with Crippen molar-refractivity contribution in [2.24, 2.45) is 0 Å². The van der Waals surface area contributed by atoms with Crippen molar-refractivity contribution in [2.75, 3.05) is 18.4 Å². The summed E-state index contributed by atoms with van der Waals surface area (Å²) in [5.74, 6) is 1.69. The van der Waals surface area contributed by atoms with E-state index in [9.17, 15) is 0 Å². The van der Waals surface area contributed by atoms with E-state index in [0.717, 1.165) is 18.9 Å². The van der Waals surface area contributed by atoms with Crippen LogP contribution in [0.15, 0.2) is 12.4 Å². The Labute approximate surface area is 95.9 Å². The fraction of sp³-hybridized carbons (Fsp3) is 0.667. The molecule has 2 N–H and O–H groups in total. The van der Waals surface area contributed by atoms with E-state index < -0.39 is 0 Å². The molecule has 4 nitrogen and oxygen atoms in total. The molecule has 0 spiro atoms. The van der Waals surface area contributed by atoms with Crippen molar-refractivity contribution in [3.05, 3.63) is 18.1 Å². The lowest BCUT2D eigenvalue weighted by molar-refractivity contribution is 0.479. The molecule has 86 valence electrons. The van der Waals surface area contributed by atoms with Gasteiger partial charge in [0.1, 0.15) is 12.1 Å². The zero-order chi connectivity index (χ0) is 10.8. The van der Waals surface area contributed by atoms with Gasteiger partial charge in [-0.25, -0.2) is 9.97 Å². The van der Waals surface area contributed by atoms with Gasteiger partial charge in [-0.15, -0.1) is 0 Å². The van der Waals surface area contributed by atoms with Gasteiger partial charge in [0, 0.05) is 30.3 Å². The third-order valence-corrected chi connectivity index (χ3v) is 3.33. The lowest BCUT2D eigenvalue weighted by atomic mass is 10.1. The first-order chi connectivity index (χ1) is 7.92. The van der Waals surface area contributed by atoms with Gasteiger partial charge in [-0.05, 0) is 32.2 Å². The zero-order valence-corrected chi connectivity index (χ0v) is 9.45. The Morgan fingerprint density at radius 3 is 2.94 bits per heavy atom. The summed E-state index contributed by atoms with van der Waals surface area (Å²) >= 11 is 0. The van der Waals surface area contributed by atoms with Gasteiger partial charge in [0.25, 0.3) is 0 Å². The largest absolute Gasteiger partial charge is 0.366 e. The smallest absolute Gasteiger partial charge is 0.129 e. The lowest BCUT2D eigenvalue weighted by Gasteiger charge is -2.24. The zero-order valence-electron chi connectivity index (χ0n) is 9.45. The van der Waals surface area contributed by atoms with Crippen LogP contribution in [0.1, 0.15) is 37.3 Å². The molecule has 1 aromatic heterocycles. The molecule has 2 aliphatic rings. The molecule has 0 bridgehead atoms. The van der Waals surface area contributed by atoms with Crippen molar-refractivity contribution in [1.82, 2.24) is 15.3 Å². The maximum absolute atomic E-state index is 4.33. The third kappa shape index (κ3) is 2.32. The fourth-order valence-electron chi connectivity index (χ4n) is 2.24. The first-order valence-electron chi connectivity index (χ1n) is 6.21. The van der Waals surface area contributed by atoms with Crippen LogP contribution >= 0.6 is 0 Å². The van der Waals surface area contributed by atoms with Crippen LogP contribution in [0.5, 0.6) is 0 Å². The topological polar surface area (TPSA) is 49.8 Å². The van der Waals surface area contributed by atoms with Crippen molar-refractivity contribution in [3.63, 3.8) is 0 Å². The van der Waals surface area contributed by atoms with Crippen LogP contribution in [-0.4, -0.2) is 29.1 Å². The van der Waals surface area contributed by atoms with E-state index in [2.05, 4.69) is 26.7 Å². The molecular weight excluding hydrogens is 200 g/mol. The summed E-state index contributed by atoms with van der Waals surface area (Å²) in [6.45, 7) is 2.19. The normalized spacial score (nSPS) is 25.4. The van der Waals surface area contributed by atoms with Crippen molar-refractivity contribution < 1.29 is 0 Å². The van der Waals surface area contributed by atoms with Crippen LogP contribution in [0.3, 0.4) is 0 Å². The predicted octanol–water partition coefficient (Wildman–Crippen LogP) is 1.52. The standard InChI is InChI=1S/C12H18N4/c1-2-10(7-13-5-1)16-12-6-11(9-3-4-9)14-8-15-12/h6,8-10,13H,1-5,7H2,(H,14,15,16). The number of rotatable bonds is 3. The van der Waals surface area contributed by atoms with Crippen molar-refractivity contribution in [3.8, 4) is 0 Å². The van der Waals surface area contributed by atoms with Crippen molar-refractivity contribution >= 4 is 5.82 Å². The summed E-state index contributed by atoms with van der Waals surface area (Å²) in [6.07, 6.45) is 6.75. The quantitative estimate of drug-likeness (QED) is 0.807. The first kappa shape index (κ1) is 10.0. The summed E-state index contributed by atoms with van der Waals surface area (Å²) in [4.78, 5) is 8.62. The van der Waals surface area contributed by atoms with Crippen LogP contribution < -0.4 is 10.6 Å². The molecule has 1 aliphatic heterocycles. The minimum absolute atomic E-state index is 0.524. The van der Waals surface area contributed by atoms with E-state index >= 15 is 0 Å². The number of aromatic nitrogens is 2. The SMILES string of the molecule is c1nc(NC2CCCNC2)cc(C2CC2)n1. The second kappa shape index (κ2) is 4.37. The monoisotopic (exact) mass is 218 g/mol. The summed E-state index contributed by atoms with van der Waals surface area (Å²) < 4.78 is 0. The lowest BCUT2D eigenvalue weighted by Crippen LogP contribution is -2.38. The molecule has 0 aromatic carbocycles. The average molecular weight is 218 g/mol. The van der Waals surface area contributed by atoms with Crippen LogP contribution in [0.4, 0.5) is 5.82 Å². The molecular formula is C12H18N4. The molecule has 16 heavy (non-hydrogen) atoms.